The van der Waals surface area contributed by atoms with Gasteiger partial charge in [-0.05, 0) is 54.8 Å². The largest absolute Gasteiger partial charge is 0.508 e. The minimum absolute atomic E-state index is 0.270. The van der Waals surface area contributed by atoms with Gasteiger partial charge in [0.2, 0.25) is 0 Å². The molecule has 1 aliphatic carbocycles. The van der Waals surface area contributed by atoms with E-state index in [1.165, 1.54) is 12.8 Å². The molecule has 1 aromatic carbocycles. The van der Waals surface area contributed by atoms with Gasteiger partial charge < -0.3 is 16.2 Å². The number of fused-ring (bicyclic) bond motifs is 1. The molecule has 0 amide bonds. The topological polar surface area (TPSA) is 71.2 Å². The highest BCUT2D eigenvalue weighted by atomic mass is 16.3. The minimum Gasteiger partial charge on any atom is -0.508 e. The van der Waals surface area contributed by atoms with Crippen molar-refractivity contribution in [1.29, 1.82) is 0 Å². The van der Waals surface area contributed by atoms with Gasteiger partial charge in [-0.1, -0.05) is 6.07 Å². The van der Waals surface area contributed by atoms with Gasteiger partial charge in [-0.25, -0.2) is 4.98 Å². The zero-order chi connectivity index (χ0) is 13.3. The van der Waals surface area contributed by atoms with Gasteiger partial charge in [-0.3, -0.25) is 0 Å². The van der Waals surface area contributed by atoms with E-state index in [2.05, 4.69) is 10.3 Å². The molecule has 0 aliphatic heterocycles. The average Bonchev–Trinajstić information content (AvgIpc) is 3.17. The van der Waals surface area contributed by atoms with Crippen LogP contribution in [0.25, 0.3) is 10.8 Å². The number of aromatic nitrogens is 1. The smallest absolute Gasteiger partial charge is 0.133 e. The lowest BCUT2D eigenvalue weighted by atomic mass is 10.0. The van der Waals surface area contributed by atoms with Gasteiger partial charge in [0, 0.05) is 18.1 Å². The Kier molecular flexibility index (Phi) is 3.03. The van der Waals surface area contributed by atoms with Crippen LogP contribution in [0.3, 0.4) is 0 Å². The highest BCUT2D eigenvalue weighted by molar-refractivity contribution is 5.92. The van der Waals surface area contributed by atoms with Crippen LogP contribution in [0.2, 0.25) is 0 Å². The third kappa shape index (κ3) is 2.49. The van der Waals surface area contributed by atoms with Crippen LogP contribution < -0.4 is 11.1 Å². The standard InChI is InChI=1S/C15H19N3O/c16-7-6-15(4-5-15)10-18-14-13-9-12(19)2-1-11(13)3-8-17-14/h1-3,8-9,19H,4-7,10,16H2,(H,17,18). The normalized spacial score (nSPS) is 16.5. The third-order valence-electron chi connectivity index (χ3n) is 4.01. The number of phenols is 1. The van der Waals surface area contributed by atoms with Gasteiger partial charge in [0.15, 0.2) is 0 Å². The van der Waals surface area contributed by atoms with Gasteiger partial charge in [0.25, 0.3) is 0 Å². The molecular weight excluding hydrogens is 238 g/mol. The van der Waals surface area contributed by atoms with Crippen LogP contribution in [0, 0.1) is 5.41 Å². The van der Waals surface area contributed by atoms with E-state index in [4.69, 9.17) is 5.73 Å². The van der Waals surface area contributed by atoms with E-state index in [0.29, 0.717) is 5.41 Å². The minimum atomic E-state index is 0.270. The highest BCUT2D eigenvalue weighted by Gasteiger charge is 2.41. The Labute approximate surface area is 112 Å². The molecule has 1 saturated carbocycles. The van der Waals surface area contributed by atoms with Crippen LogP contribution in [0.15, 0.2) is 30.5 Å². The fraction of sp³-hybridized carbons (Fsp3) is 0.400. The molecule has 0 atom stereocenters. The summed E-state index contributed by atoms with van der Waals surface area (Å²) in [6.07, 6.45) is 5.35. The van der Waals surface area contributed by atoms with E-state index in [9.17, 15) is 5.11 Å². The summed E-state index contributed by atoms with van der Waals surface area (Å²) < 4.78 is 0. The highest BCUT2D eigenvalue weighted by Crippen LogP contribution is 2.48. The second-order valence-electron chi connectivity index (χ2n) is 5.46. The molecule has 1 fully saturated rings. The van der Waals surface area contributed by atoms with Crippen molar-refractivity contribution in [1.82, 2.24) is 4.98 Å². The van der Waals surface area contributed by atoms with Crippen LogP contribution in [0.4, 0.5) is 5.82 Å². The zero-order valence-corrected chi connectivity index (χ0v) is 10.9. The second kappa shape index (κ2) is 4.70. The van der Waals surface area contributed by atoms with Crippen LogP contribution >= 0.6 is 0 Å². The Hall–Kier alpha value is -1.81. The van der Waals surface area contributed by atoms with E-state index in [1.54, 1.807) is 18.3 Å². The molecule has 4 N–H and O–H groups in total. The first-order chi connectivity index (χ1) is 9.22. The first-order valence-electron chi connectivity index (χ1n) is 6.74. The summed E-state index contributed by atoms with van der Waals surface area (Å²) >= 11 is 0. The Morgan fingerprint density at radius 3 is 2.89 bits per heavy atom. The van der Waals surface area contributed by atoms with Crippen molar-refractivity contribution < 1.29 is 5.11 Å². The first kappa shape index (κ1) is 12.2. The maximum Gasteiger partial charge on any atom is 0.133 e. The number of nitrogens with zero attached hydrogens (tertiary/aromatic N) is 1. The lowest BCUT2D eigenvalue weighted by Gasteiger charge is -2.16. The Morgan fingerprint density at radius 2 is 2.16 bits per heavy atom. The number of hydrogen-bond acceptors (Lipinski definition) is 4. The number of benzene rings is 1. The molecule has 19 heavy (non-hydrogen) atoms. The van der Waals surface area contributed by atoms with Gasteiger partial charge in [-0.2, -0.15) is 0 Å². The van der Waals surface area contributed by atoms with Crippen molar-refractivity contribution >= 4 is 16.6 Å². The zero-order valence-electron chi connectivity index (χ0n) is 10.9. The predicted octanol–water partition coefficient (Wildman–Crippen LogP) is 2.48. The number of nitrogens with two attached hydrogens (primary N) is 1. The molecular formula is C15H19N3O. The summed E-state index contributed by atoms with van der Waals surface area (Å²) in [5.74, 6) is 1.11. The predicted molar refractivity (Wildman–Crippen MR) is 77.2 cm³/mol. The maximum atomic E-state index is 9.61. The molecule has 0 saturated heterocycles. The molecule has 1 aromatic heterocycles. The van der Waals surface area contributed by atoms with E-state index < -0.39 is 0 Å². The van der Waals surface area contributed by atoms with E-state index in [-0.39, 0.29) is 5.75 Å². The Morgan fingerprint density at radius 1 is 1.32 bits per heavy atom. The molecule has 0 radical (unpaired) electrons. The summed E-state index contributed by atoms with van der Waals surface area (Å²) in [7, 11) is 0. The fourth-order valence-electron chi connectivity index (χ4n) is 2.57. The summed E-state index contributed by atoms with van der Waals surface area (Å²) in [4.78, 5) is 4.39. The number of pyridine rings is 1. The van der Waals surface area contributed by atoms with Crippen molar-refractivity contribution in [2.75, 3.05) is 18.4 Å². The Balaban J connectivity index is 1.83. The lowest BCUT2D eigenvalue weighted by Crippen LogP contribution is -2.19. The number of aromatic hydroxyl groups is 1. The Bertz CT molecular complexity index is 593. The first-order valence-corrected chi connectivity index (χ1v) is 6.74. The third-order valence-corrected chi connectivity index (χ3v) is 4.01. The van der Waals surface area contributed by atoms with Crippen molar-refractivity contribution in [3.8, 4) is 5.75 Å². The lowest BCUT2D eigenvalue weighted by molar-refractivity contribution is 0.476. The summed E-state index contributed by atoms with van der Waals surface area (Å²) in [5, 5.41) is 15.1. The van der Waals surface area contributed by atoms with Crippen LogP contribution in [-0.2, 0) is 0 Å². The van der Waals surface area contributed by atoms with E-state index in [1.807, 2.05) is 12.1 Å². The molecule has 4 nitrogen and oxygen atoms in total. The maximum absolute atomic E-state index is 9.61. The average molecular weight is 257 g/mol. The van der Waals surface area contributed by atoms with E-state index in [0.717, 1.165) is 36.1 Å². The quantitative estimate of drug-likeness (QED) is 0.769. The number of phenolic OH excluding ortho intramolecular Hbond substituents is 1. The molecule has 0 spiro atoms. The van der Waals surface area contributed by atoms with Gasteiger partial charge in [-0.15, -0.1) is 0 Å². The molecule has 1 aliphatic rings. The fourth-order valence-corrected chi connectivity index (χ4v) is 2.57. The molecule has 1 heterocycles. The van der Waals surface area contributed by atoms with Crippen LogP contribution in [0.5, 0.6) is 5.75 Å². The number of rotatable bonds is 5. The molecule has 0 unspecified atom stereocenters. The van der Waals surface area contributed by atoms with Crippen molar-refractivity contribution in [3.63, 3.8) is 0 Å². The number of hydrogen-bond donors (Lipinski definition) is 3. The second-order valence-corrected chi connectivity index (χ2v) is 5.46. The van der Waals surface area contributed by atoms with E-state index >= 15 is 0 Å². The van der Waals surface area contributed by atoms with Crippen molar-refractivity contribution in [2.24, 2.45) is 11.1 Å². The molecule has 4 heteroatoms. The van der Waals surface area contributed by atoms with Crippen LogP contribution in [0.1, 0.15) is 19.3 Å². The molecule has 2 aromatic rings. The van der Waals surface area contributed by atoms with Crippen molar-refractivity contribution in [2.45, 2.75) is 19.3 Å². The summed E-state index contributed by atoms with van der Waals surface area (Å²) in [6.45, 7) is 1.65. The molecule has 0 bridgehead atoms. The molecule has 3 rings (SSSR count). The van der Waals surface area contributed by atoms with Gasteiger partial charge in [0.05, 0.1) is 0 Å². The van der Waals surface area contributed by atoms with Gasteiger partial charge in [0.1, 0.15) is 11.6 Å². The van der Waals surface area contributed by atoms with Gasteiger partial charge >= 0.3 is 0 Å². The monoisotopic (exact) mass is 257 g/mol. The van der Waals surface area contributed by atoms with Crippen LogP contribution in [-0.4, -0.2) is 23.2 Å². The summed E-state index contributed by atoms with van der Waals surface area (Å²) in [6, 6.07) is 7.31. The van der Waals surface area contributed by atoms with Crippen molar-refractivity contribution in [3.05, 3.63) is 30.5 Å². The summed E-state index contributed by atoms with van der Waals surface area (Å²) in [5.41, 5.74) is 6.03. The SMILES string of the molecule is NCCC1(CNc2nccc3ccc(O)cc23)CC1. The number of nitrogens with one attached hydrogen (secondary N) is 1. The number of anilines is 1. The molecule has 100 valence electrons.